The van der Waals surface area contributed by atoms with E-state index in [0.717, 1.165) is 0 Å². The second kappa shape index (κ2) is 8.18. The van der Waals surface area contributed by atoms with Crippen molar-refractivity contribution in [3.8, 4) is 0 Å². The summed E-state index contributed by atoms with van der Waals surface area (Å²) in [6.45, 7) is 0.356. The maximum absolute atomic E-state index is 12.8. The fraction of sp³-hybridized carbons (Fsp3) is 0.121. The van der Waals surface area contributed by atoms with Crippen molar-refractivity contribution in [2.45, 2.75) is 12.1 Å². The number of carbonyl (C=O) groups is 1. The molecule has 1 aliphatic heterocycles. The van der Waals surface area contributed by atoms with Crippen LogP contribution in [0.2, 0.25) is 0 Å². The zero-order chi connectivity index (χ0) is 24.2. The van der Waals surface area contributed by atoms with Crippen LogP contribution in [0.4, 0.5) is 0 Å². The van der Waals surface area contributed by atoms with E-state index in [0.29, 0.717) is 6.54 Å². The number of nitrogens with zero attached hydrogens (tertiary/aromatic N) is 1. The van der Waals surface area contributed by atoms with Crippen LogP contribution in [0.1, 0.15) is 17.0 Å². The molecule has 0 radical (unpaired) electrons. The lowest BCUT2D eigenvalue weighted by molar-refractivity contribution is -0.126. The smallest absolute Gasteiger partial charge is 0.237 e. The number of nitrogens with one attached hydrogen (secondary N) is 1. The minimum absolute atomic E-state index is 0.0505. The average Bonchev–Trinajstić information content (AvgIpc) is 3.26. The van der Waals surface area contributed by atoms with E-state index in [4.69, 9.17) is 0 Å². The van der Waals surface area contributed by atoms with Crippen LogP contribution in [-0.2, 0) is 4.79 Å². The van der Waals surface area contributed by atoms with Gasteiger partial charge in [0.2, 0.25) is 5.91 Å². The summed E-state index contributed by atoms with van der Waals surface area (Å²) in [5.41, 5.74) is 2.48. The van der Waals surface area contributed by atoms with Gasteiger partial charge >= 0.3 is 0 Å². The third kappa shape index (κ3) is 3.13. The maximum atomic E-state index is 12.8. The van der Waals surface area contributed by atoms with Crippen molar-refractivity contribution in [2.75, 3.05) is 13.6 Å². The molecule has 7 rings (SSSR count). The van der Waals surface area contributed by atoms with Gasteiger partial charge in [-0.15, -0.1) is 0 Å². The van der Waals surface area contributed by atoms with Crippen molar-refractivity contribution in [3.05, 3.63) is 120 Å². The summed E-state index contributed by atoms with van der Waals surface area (Å²) in [7, 11) is 1.92. The standard InChI is InChI=1S/C33H26N2O/c1-35-31(36)20-34-33(35)32(29-18-21-10-2-4-12-23(21)25-14-6-8-16-27(25)29)30-19-22-11-3-5-13-24(22)26-15-7-9-17-28(26)30/h2-19,32-34H,20H2,1H3/t33-/m0/s1. The van der Waals surface area contributed by atoms with Crippen molar-refractivity contribution in [2.24, 2.45) is 0 Å². The summed E-state index contributed by atoms with van der Waals surface area (Å²) >= 11 is 0. The zero-order valence-electron chi connectivity index (χ0n) is 20.1. The largest absolute Gasteiger partial charge is 0.328 e. The van der Waals surface area contributed by atoms with Gasteiger partial charge in [-0.1, -0.05) is 97.1 Å². The molecule has 1 fully saturated rings. The number of hydrogen-bond donors (Lipinski definition) is 1. The van der Waals surface area contributed by atoms with E-state index in [1.165, 1.54) is 54.2 Å². The Morgan fingerprint density at radius 3 is 1.50 bits per heavy atom. The molecule has 174 valence electrons. The number of fused-ring (bicyclic) bond motifs is 6. The lowest BCUT2D eigenvalue weighted by Crippen LogP contribution is -2.40. The second-order valence-corrected chi connectivity index (χ2v) is 9.77. The monoisotopic (exact) mass is 466 g/mol. The number of likely N-dealkylation sites (N-methyl/N-ethyl adjacent to an activating group) is 1. The van der Waals surface area contributed by atoms with Gasteiger partial charge in [-0.05, 0) is 66.3 Å². The molecule has 0 aliphatic carbocycles. The summed E-state index contributed by atoms with van der Waals surface area (Å²) in [5.74, 6) is 0.0747. The summed E-state index contributed by atoms with van der Waals surface area (Å²) in [5, 5.41) is 13.4. The molecule has 6 aromatic carbocycles. The Balaban J connectivity index is 1.61. The predicted octanol–water partition coefficient (Wildman–Crippen LogP) is 6.82. The number of carbonyl (C=O) groups excluding carboxylic acids is 1. The number of amides is 1. The van der Waals surface area contributed by atoms with E-state index in [-0.39, 0.29) is 18.0 Å². The van der Waals surface area contributed by atoms with Crippen LogP contribution in [-0.4, -0.2) is 30.6 Å². The molecule has 1 atom stereocenters. The summed E-state index contributed by atoms with van der Waals surface area (Å²) < 4.78 is 0. The van der Waals surface area contributed by atoms with Gasteiger partial charge in [-0.3, -0.25) is 10.1 Å². The summed E-state index contributed by atoms with van der Waals surface area (Å²) in [4.78, 5) is 14.7. The van der Waals surface area contributed by atoms with E-state index >= 15 is 0 Å². The van der Waals surface area contributed by atoms with E-state index < -0.39 is 0 Å². The Bertz CT molecular complexity index is 1690. The van der Waals surface area contributed by atoms with Crippen LogP contribution in [0.15, 0.2) is 109 Å². The van der Waals surface area contributed by atoms with E-state index in [1.54, 1.807) is 0 Å². The minimum atomic E-state index is -0.147. The second-order valence-electron chi connectivity index (χ2n) is 9.77. The van der Waals surface area contributed by atoms with Crippen molar-refractivity contribution >= 4 is 49.0 Å². The van der Waals surface area contributed by atoms with Crippen molar-refractivity contribution in [3.63, 3.8) is 0 Å². The minimum Gasteiger partial charge on any atom is -0.328 e. The number of hydrogen-bond acceptors (Lipinski definition) is 2. The van der Waals surface area contributed by atoms with Gasteiger partial charge in [-0.2, -0.15) is 0 Å². The molecule has 6 aromatic rings. The molecule has 0 bridgehead atoms. The van der Waals surface area contributed by atoms with Crippen molar-refractivity contribution in [1.82, 2.24) is 10.2 Å². The van der Waals surface area contributed by atoms with Gasteiger partial charge < -0.3 is 4.90 Å². The molecule has 0 saturated carbocycles. The van der Waals surface area contributed by atoms with Crippen LogP contribution < -0.4 is 5.32 Å². The maximum Gasteiger partial charge on any atom is 0.237 e. The number of rotatable bonds is 3. The highest BCUT2D eigenvalue weighted by Crippen LogP contribution is 2.42. The Hall–Kier alpha value is -4.21. The van der Waals surface area contributed by atoms with E-state index in [1.807, 2.05) is 11.9 Å². The summed E-state index contributed by atoms with van der Waals surface area (Å²) in [6, 6.07) is 39.2. The zero-order valence-corrected chi connectivity index (χ0v) is 20.1. The molecular formula is C33H26N2O. The lowest BCUT2D eigenvalue weighted by Gasteiger charge is -2.32. The Labute approximate surface area is 210 Å². The summed E-state index contributed by atoms with van der Waals surface area (Å²) in [6.07, 6.45) is -0.147. The first-order valence-electron chi connectivity index (χ1n) is 12.5. The molecule has 1 aliphatic rings. The third-order valence-corrected chi connectivity index (χ3v) is 7.86. The first-order valence-corrected chi connectivity index (χ1v) is 12.5. The van der Waals surface area contributed by atoms with E-state index in [2.05, 4.69) is 115 Å². The van der Waals surface area contributed by atoms with Gasteiger partial charge in [0.25, 0.3) is 0 Å². The van der Waals surface area contributed by atoms with Crippen LogP contribution in [0, 0.1) is 0 Å². The fourth-order valence-corrected chi connectivity index (χ4v) is 6.14. The van der Waals surface area contributed by atoms with Crippen LogP contribution in [0.5, 0.6) is 0 Å². The Morgan fingerprint density at radius 2 is 1.06 bits per heavy atom. The van der Waals surface area contributed by atoms with Gasteiger partial charge in [0, 0.05) is 13.0 Å². The van der Waals surface area contributed by atoms with Crippen LogP contribution in [0.25, 0.3) is 43.1 Å². The highest BCUT2D eigenvalue weighted by atomic mass is 16.2. The number of benzene rings is 6. The predicted molar refractivity (Wildman–Crippen MR) is 149 cm³/mol. The van der Waals surface area contributed by atoms with Gasteiger partial charge in [0.05, 0.1) is 12.7 Å². The SMILES string of the molecule is CN1C(=O)CN[C@@H]1C(c1cc2ccccc2c2ccccc12)c1cc2ccccc2c2ccccc12. The molecule has 1 saturated heterocycles. The highest BCUT2D eigenvalue weighted by Gasteiger charge is 2.37. The first-order chi connectivity index (χ1) is 17.7. The highest BCUT2D eigenvalue weighted by molar-refractivity contribution is 6.11. The quantitative estimate of drug-likeness (QED) is 0.290. The fourth-order valence-electron chi connectivity index (χ4n) is 6.14. The molecular weight excluding hydrogens is 440 g/mol. The van der Waals surface area contributed by atoms with Crippen molar-refractivity contribution in [1.29, 1.82) is 0 Å². The molecule has 0 aromatic heterocycles. The molecule has 1 amide bonds. The van der Waals surface area contributed by atoms with Crippen molar-refractivity contribution < 1.29 is 4.79 Å². The molecule has 0 unspecified atom stereocenters. The lowest BCUT2D eigenvalue weighted by atomic mass is 9.80. The van der Waals surface area contributed by atoms with E-state index in [9.17, 15) is 4.79 Å². The Kier molecular flexibility index (Phi) is 4.80. The molecule has 3 nitrogen and oxygen atoms in total. The van der Waals surface area contributed by atoms with Gasteiger partial charge in [-0.25, -0.2) is 0 Å². The molecule has 1 heterocycles. The molecule has 3 heteroatoms. The third-order valence-electron chi connectivity index (χ3n) is 7.86. The van der Waals surface area contributed by atoms with Crippen LogP contribution >= 0.6 is 0 Å². The molecule has 1 N–H and O–H groups in total. The van der Waals surface area contributed by atoms with Gasteiger partial charge in [0.1, 0.15) is 0 Å². The molecule has 0 spiro atoms. The average molecular weight is 467 g/mol. The van der Waals surface area contributed by atoms with Gasteiger partial charge in [0.15, 0.2) is 0 Å². The van der Waals surface area contributed by atoms with Crippen LogP contribution in [0.3, 0.4) is 0 Å². The normalized spacial score (nSPS) is 16.2. The first kappa shape index (κ1) is 21.1. The Morgan fingerprint density at radius 1 is 0.639 bits per heavy atom. The topological polar surface area (TPSA) is 32.3 Å². The molecule has 36 heavy (non-hydrogen) atoms.